The highest BCUT2D eigenvalue weighted by Crippen LogP contribution is 2.38. The third-order valence-corrected chi connectivity index (χ3v) is 6.05. The van der Waals surface area contributed by atoms with E-state index in [4.69, 9.17) is 16.3 Å². The lowest BCUT2D eigenvalue weighted by atomic mass is 9.89. The number of ether oxygens (including phenoxy) is 1. The maximum absolute atomic E-state index is 13.6. The average Bonchev–Trinajstić information content (AvgIpc) is 2.80. The molecule has 1 aromatic heterocycles. The van der Waals surface area contributed by atoms with Crippen LogP contribution in [0.15, 0.2) is 48.1 Å². The number of fused-ring (bicyclic) bond motifs is 1. The van der Waals surface area contributed by atoms with Crippen molar-refractivity contribution in [2.45, 2.75) is 23.9 Å². The summed E-state index contributed by atoms with van der Waals surface area (Å²) >= 11 is 10.3. The Hall–Kier alpha value is -2.84. The third-order valence-electron chi connectivity index (χ3n) is 5.57. The van der Waals surface area contributed by atoms with Gasteiger partial charge in [-0.25, -0.2) is 14.4 Å². The van der Waals surface area contributed by atoms with Crippen LogP contribution in [-0.4, -0.2) is 41.0 Å². The summed E-state index contributed by atoms with van der Waals surface area (Å²) in [6.45, 7) is 4.89. The second kappa shape index (κ2) is 9.34. The highest BCUT2D eigenvalue weighted by molar-refractivity contribution is 7.80. The van der Waals surface area contributed by atoms with Gasteiger partial charge in [0.2, 0.25) is 5.91 Å². The van der Waals surface area contributed by atoms with Crippen molar-refractivity contribution >= 4 is 52.5 Å². The Morgan fingerprint density at radius 2 is 2.19 bits per heavy atom. The molecular formula is C23H22ClFN4O2S. The molecule has 0 aliphatic carbocycles. The largest absolute Gasteiger partial charge is 0.496 e. The van der Waals surface area contributed by atoms with E-state index in [2.05, 4.69) is 34.5 Å². The van der Waals surface area contributed by atoms with E-state index in [0.717, 1.165) is 23.8 Å². The summed E-state index contributed by atoms with van der Waals surface area (Å²) < 4.78 is 19.2. The van der Waals surface area contributed by atoms with E-state index in [0.29, 0.717) is 35.9 Å². The number of thiol groups is 1. The lowest BCUT2D eigenvalue weighted by Gasteiger charge is -2.33. The molecule has 1 aliphatic rings. The zero-order valence-corrected chi connectivity index (χ0v) is 19.1. The lowest BCUT2D eigenvalue weighted by molar-refractivity contribution is -0.127. The number of hydrogen-bond donors (Lipinski definition) is 2. The van der Waals surface area contributed by atoms with Crippen LogP contribution >= 0.6 is 24.2 Å². The minimum absolute atomic E-state index is 0.0102. The first-order valence-corrected chi connectivity index (χ1v) is 10.9. The summed E-state index contributed by atoms with van der Waals surface area (Å²) in [4.78, 5) is 22.8. The van der Waals surface area contributed by atoms with Gasteiger partial charge in [-0.1, -0.05) is 18.2 Å². The Balaban J connectivity index is 1.78. The van der Waals surface area contributed by atoms with Crippen molar-refractivity contribution in [2.75, 3.05) is 25.5 Å². The van der Waals surface area contributed by atoms with Gasteiger partial charge >= 0.3 is 0 Å². The van der Waals surface area contributed by atoms with Crippen molar-refractivity contribution in [2.24, 2.45) is 0 Å². The first-order chi connectivity index (χ1) is 15.4. The van der Waals surface area contributed by atoms with Crippen molar-refractivity contribution in [3.63, 3.8) is 0 Å². The molecule has 0 bridgehead atoms. The van der Waals surface area contributed by atoms with Gasteiger partial charge in [-0.2, -0.15) is 0 Å². The second-order valence-electron chi connectivity index (χ2n) is 7.56. The van der Waals surface area contributed by atoms with Gasteiger partial charge in [-0.05, 0) is 48.7 Å². The van der Waals surface area contributed by atoms with Crippen LogP contribution in [0.25, 0.3) is 10.9 Å². The van der Waals surface area contributed by atoms with E-state index in [1.54, 1.807) is 18.1 Å². The number of rotatable bonds is 5. The molecule has 1 atom stereocenters. The number of anilines is 2. The van der Waals surface area contributed by atoms with Crippen LogP contribution in [0, 0.1) is 5.82 Å². The van der Waals surface area contributed by atoms with Crippen LogP contribution in [0.1, 0.15) is 24.3 Å². The number of nitrogens with zero attached hydrogens (tertiary/aromatic N) is 3. The Bertz CT molecular complexity index is 1210. The number of nitrogens with one attached hydrogen (secondary N) is 1. The molecule has 32 heavy (non-hydrogen) atoms. The molecule has 1 unspecified atom stereocenters. The number of carbonyl (C=O) groups is 1. The average molecular weight is 473 g/mol. The van der Waals surface area contributed by atoms with Gasteiger partial charge in [0.15, 0.2) is 5.16 Å². The van der Waals surface area contributed by atoms with Crippen LogP contribution in [0.4, 0.5) is 15.9 Å². The number of aromatic nitrogens is 2. The minimum atomic E-state index is -0.498. The molecule has 6 nitrogen and oxygen atoms in total. The zero-order chi connectivity index (χ0) is 22.8. The van der Waals surface area contributed by atoms with Crippen LogP contribution in [0.3, 0.4) is 0 Å². The Labute approximate surface area is 195 Å². The van der Waals surface area contributed by atoms with Gasteiger partial charge in [-0.15, -0.1) is 12.6 Å². The summed E-state index contributed by atoms with van der Waals surface area (Å²) in [7, 11) is 1.61. The van der Waals surface area contributed by atoms with Gasteiger partial charge in [0, 0.05) is 36.1 Å². The van der Waals surface area contributed by atoms with Gasteiger partial charge < -0.3 is 15.0 Å². The molecule has 166 valence electrons. The Kier molecular flexibility index (Phi) is 6.53. The van der Waals surface area contributed by atoms with Crippen molar-refractivity contribution in [1.82, 2.24) is 14.9 Å². The van der Waals surface area contributed by atoms with E-state index in [9.17, 15) is 9.18 Å². The number of piperidine rings is 1. The third kappa shape index (κ3) is 4.52. The molecule has 0 spiro atoms. The summed E-state index contributed by atoms with van der Waals surface area (Å²) in [6.07, 6.45) is 3.15. The molecule has 1 N–H and O–H groups in total. The number of methoxy groups -OCH3 is 1. The maximum Gasteiger partial charge on any atom is 0.245 e. The highest BCUT2D eigenvalue weighted by atomic mass is 35.5. The molecule has 1 fully saturated rings. The Morgan fingerprint density at radius 3 is 2.91 bits per heavy atom. The van der Waals surface area contributed by atoms with Gasteiger partial charge in [0.05, 0.1) is 17.6 Å². The van der Waals surface area contributed by atoms with Crippen LogP contribution in [0.5, 0.6) is 5.75 Å². The predicted molar refractivity (Wildman–Crippen MR) is 127 cm³/mol. The van der Waals surface area contributed by atoms with Crippen LogP contribution < -0.4 is 10.1 Å². The molecule has 4 rings (SSSR count). The lowest BCUT2D eigenvalue weighted by Crippen LogP contribution is -2.38. The van der Waals surface area contributed by atoms with Crippen molar-refractivity contribution in [1.29, 1.82) is 0 Å². The molecule has 0 radical (unpaired) electrons. The fourth-order valence-electron chi connectivity index (χ4n) is 4.02. The zero-order valence-electron chi connectivity index (χ0n) is 17.4. The topological polar surface area (TPSA) is 67.4 Å². The summed E-state index contributed by atoms with van der Waals surface area (Å²) in [5.41, 5.74) is 2.20. The fourth-order valence-corrected chi connectivity index (χ4v) is 4.41. The van der Waals surface area contributed by atoms with Crippen molar-refractivity contribution < 1.29 is 13.9 Å². The predicted octanol–water partition coefficient (Wildman–Crippen LogP) is 5.36. The van der Waals surface area contributed by atoms with E-state index >= 15 is 0 Å². The Morgan fingerprint density at radius 1 is 1.38 bits per heavy atom. The number of benzene rings is 2. The summed E-state index contributed by atoms with van der Waals surface area (Å²) in [5, 5.41) is 4.24. The van der Waals surface area contributed by atoms with Crippen LogP contribution in [0.2, 0.25) is 5.02 Å². The number of amides is 1. The molecule has 2 aromatic carbocycles. The molecule has 2 heterocycles. The van der Waals surface area contributed by atoms with Gasteiger partial charge in [0.25, 0.3) is 0 Å². The van der Waals surface area contributed by atoms with Gasteiger partial charge in [0.1, 0.15) is 17.4 Å². The molecular weight excluding hydrogens is 451 g/mol. The smallest absolute Gasteiger partial charge is 0.245 e. The fraction of sp³-hybridized carbons (Fsp3) is 0.261. The molecule has 1 saturated heterocycles. The maximum atomic E-state index is 13.6. The molecule has 3 aromatic rings. The first-order valence-electron chi connectivity index (χ1n) is 10.1. The van der Waals surface area contributed by atoms with Crippen LogP contribution in [-0.2, 0) is 4.79 Å². The number of carbonyl (C=O) groups excluding carboxylic acids is 1. The standard InChI is InChI=1S/C23H22ClFN4O2S/c1-3-21(30)29-8-4-5-13(12-29)15-10-16-19(11-20(15)31-2)27-23(32)28-22(16)26-14-6-7-18(25)17(24)9-14/h3,6-7,9-11,13H,1,4-5,8,12H2,2H3,(H2,26,27,28,32). The van der Waals surface area contributed by atoms with Crippen molar-refractivity contribution in [3.8, 4) is 5.75 Å². The number of likely N-dealkylation sites (tertiary alicyclic amines) is 1. The molecule has 1 aliphatic heterocycles. The van der Waals surface area contributed by atoms with E-state index in [1.165, 1.54) is 18.2 Å². The quantitative estimate of drug-likeness (QED) is 0.297. The molecule has 9 heteroatoms. The van der Waals surface area contributed by atoms with Crippen molar-refractivity contribution in [3.05, 3.63) is 59.4 Å². The number of halogens is 2. The summed E-state index contributed by atoms with van der Waals surface area (Å²) in [5.74, 6) is 0.727. The minimum Gasteiger partial charge on any atom is -0.496 e. The second-order valence-corrected chi connectivity index (χ2v) is 8.37. The highest BCUT2D eigenvalue weighted by Gasteiger charge is 2.26. The first kappa shape index (κ1) is 22.4. The van der Waals surface area contributed by atoms with E-state index in [1.807, 2.05) is 12.1 Å². The SMILES string of the molecule is C=CC(=O)N1CCCC(c2cc3c(Nc4ccc(F)c(Cl)c4)nc(S)nc3cc2OC)C1. The van der Waals surface area contributed by atoms with Gasteiger partial charge in [-0.3, -0.25) is 4.79 Å². The molecule has 0 saturated carbocycles. The number of hydrogen-bond acceptors (Lipinski definition) is 6. The monoisotopic (exact) mass is 472 g/mol. The molecule has 1 amide bonds. The summed E-state index contributed by atoms with van der Waals surface area (Å²) in [6, 6.07) is 8.20. The normalized spacial score (nSPS) is 16.1. The van der Waals surface area contributed by atoms with E-state index in [-0.39, 0.29) is 22.0 Å². The van der Waals surface area contributed by atoms with E-state index < -0.39 is 5.82 Å².